The summed E-state index contributed by atoms with van der Waals surface area (Å²) in [5, 5.41) is 10.6. The summed E-state index contributed by atoms with van der Waals surface area (Å²) in [7, 11) is 0. The van der Waals surface area contributed by atoms with Crippen LogP contribution in [0.4, 0.5) is 5.69 Å². The number of benzene rings is 1. The lowest BCUT2D eigenvalue weighted by Gasteiger charge is -2.36. The number of fused-ring (bicyclic) bond motifs is 3. The van der Waals surface area contributed by atoms with Gasteiger partial charge in [0.2, 0.25) is 0 Å². The van der Waals surface area contributed by atoms with Crippen LogP contribution in [0.5, 0.6) is 0 Å². The van der Waals surface area contributed by atoms with Crippen LogP contribution < -0.4 is 0 Å². The molecule has 0 heterocycles. The van der Waals surface area contributed by atoms with Crippen molar-refractivity contribution in [1.82, 2.24) is 0 Å². The number of hydrogen-bond donors (Lipinski definition) is 0. The average molecular weight is 273 g/mol. The number of carbonyl (C=O) groups is 1. The minimum absolute atomic E-state index is 0.0104. The van der Waals surface area contributed by atoms with E-state index in [2.05, 4.69) is 0 Å². The normalized spacial score (nSPS) is 36.5. The zero-order chi connectivity index (χ0) is 13.9. The maximum atomic E-state index is 12.1. The number of carbonyl (C=O) groups excluding carboxylic acids is 1. The average Bonchev–Trinajstić information content (AvgIpc) is 3.12. The van der Waals surface area contributed by atoms with Crippen molar-refractivity contribution in [3.05, 3.63) is 39.9 Å². The van der Waals surface area contributed by atoms with Crippen LogP contribution in [0.1, 0.15) is 29.6 Å². The fourth-order valence-electron chi connectivity index (χ4n) is 4.00. The standard InChI is InChI=1S/C15H15NO4/c17-15(8-1-3-9(4-2-8)16(18)19)20-14-11-6-5-10(11)12-7-13(12)14/h1-4,10-14H,5-7H2/t10-,11+,12-,13-,14?/m1/s1. The van der Waals surface area contributed by atoms with Gasteiger partial charge in [0.05, 0.1) is 10.5 Å². The van der Waals surface area contributed by atoms with Gasteiger partial charge in [-0.3, -0.25) is 10.1 Å². The Morgan fingerprint density at radius 1 is 1.10 bits per heavy atom. The number of nitro groups is 1. The number of hydrogen-bond acceptors (Lipinski definition) is 4. The van der Waals surface area contributed by atoms with Crippen molar-refractivity contribution >= 4 is 11.7 Å². The van der Waals surface area contributed by atoms with Crippen molar-refractivity contribution < 1.29 is 14.5 Å². The second-order valence-corrected chi connectivity index (χ2v) is 6.14. The van der Waals surface area contributed by atoms with Crippen molar-refractivity contribution in [2.75, 3.05) is 0 Å². The zero-order valence-electron chi connectivity index (χ0n) is 10.9. The van der Waals surface area contributed by atoms with Crippen LogP contribution in [0, 0.1) is 33.8 Å². The Morgan fingerprint density at radius 2 is 1.80 bits per heavy atom. The quantitative estimate of drug-likeness (QED) is 0.482. The van der Waals surface area contributed by atoms with Crippen molar-refractivity contribution in [2.45, 2.75) is 25.4 Å². The van der Waals surface area contributed by atoms with E-state index >= 15 is 0 Å². The number of non-ortho nitro benzene ring substituents is 1. The Bertz CT molecular complexity index is 582. The molecule has 4 rings (SSSR count). The van der Waals surface area contributed by atoms with Gasteiger partial charge in [-0.15, -0.1) is 0 Å². The molecule has 3 saturated carbocycles. The summed E-state index contributed by atoms with van der Waals surface area (Å²) >= 11 is 0. The molecular weight excluding hydrogens is 258 g/mol. The highest BCUT2D eigenvalue weighted by Crippen LogP contribution is 2.66. The van der Waals surface area contributed by atoms with E-state index in [1.807, 2.05) is 0 Å². The smallest absolute Gasteiger partial charge is 0.338 e. The first-order valence-electron chi connectivity index (χ1n) is 7.10. The Kier molecular flexibility index (Phi) is 2.40. The van der Waals surface area contributed by atoms with Gasteiger partial charge < -0.3 is 4.74 Å². The molecule has 0 N–H and O–H groups in total. The molecule has 3 aliphatic rings. The predicted octanol–water partition coefficient (Wildman–Crippen LogP) is 2.80. The van der Waals surface area contributed by atoms with Crippen molar-refractivity contribution in [3.63, 3.8) is 0 Å². The Morgan fingerprint density at radius 3 is 2.35 bits per heavy atom. The Labute approximate surface area is 116 Å². The molecule has 0 saturated heterocycles. The summed E-state index contributed by atoms with van der Waals surface area (Å²) in [5.41, 5.74) is 0.388. The molecule has 104 valence electrons. The summed E-state index contributed by atoms with van der Waals surface area (Å²) in [6, 6.07) is 5.63. The highest BCUT2D eigenvalue weighted by molar-refractivity contribution is 5.89. The van der Waals surface area contributed by atoms with Gasteiger partial charge >= 0.3 is 5.97 Å². The first kappa shape index (κ1) is 11.9. The molecule has 1 aromatic carbocycles. The van der Waals surface area contributed by atoms with Gasteiger partial charge in [0, 0.05) is 12.1 Å². The van der Waals surface area contributed by atoms with Gasteiger partial charge in [-0.2, -0.15) is 0 Å². The third kappa shape index (κ3) is 1.65. The van der Waals surface area contributed by atoms with Gasteiger partial charge in [-0.25, -0.2) is 4.79 Å². The third-order valence-corrected chi connectivity index (χ3v) is 5.23. The monoisotopic (exact) mass is 273 g/mol. The molecule has 0 spiro atoms. The minimum Gasteiger partial charge on any atom is -0.458 e. The molecule has 3 fully saturated rings. The fourth-order valence-corrected chi connectivity index (χ4v) is 4.00. The lowest BCUT2D eigenvalue weighted by atomic mass is 9.72. The first-order valence-corrected chi connectivity index (χ1v) is 7.10. The van der Waals surface area contributed by atoms with Crippen molar-refractivity contribution in [1.29, 1.82) is 0 Å². The van der Waals surface area contributed by atoms with Crippen LogP contribution in [0.3, 0.4) is 0 Å². The molecule has 5 heteroatoms. The van der Waals surface area contributed by atoms with E-state index < -0.39 is 4.92 Å². The first-order chi connectivity index (χ1) is 9.65. The SMILES string of the molecule is O=C(OC1[C@H]2CC[C@H]2[C@H]2C[C@@H]12)c1ccc([N+](=O)[O-])cc1. The molecule has 0 radical (unpaired) electrons. The Hall–Kier alpha value is -1.91. The summed E-state index contributed by atoms with van der Waals surface area (Å²) < 4.78 is 5.68. The van der Waals surface area contributed by atoms with Crippen LogP contribution in [0.25, 0.3) is 0 Å². The third-order valence-electron chi connectivity index (χ3n) is 5.23. The van der Waals surface area contributed by atoms with Crippen LogP contribution in [0.2, 0.25) is 0 Å². The van der Waals surface area contributed by atoms with Crippen molar-refractivity contribution in [2.24, 2.45) is 23.7 Å². The second kappa shape index (κ2) is 4.04. The van der Waals surface area contributed by atoms with Crippen LogP contribution in [-0.4, -0.2) is 17.0 Å². The fraction of sp³-hybridized carbons (Fsp3) is 0.533. The second-order valence-electron chi connectivity index (χ2n) is 6.14. The van der Waals surface area contributed by atoms with Gasteiger partial charge in [-0.1, -0.05) is 0 Å². The van der Waals surface area contributed by atoms with E-state index in [0.717, 1.165) is 11.8 Å². The molecular formula is C15H15NO4. The van der Waals surface area contributed by atoms with Crippen LogP contribution in [-0.2, 0) is 4.74 Å². The number of ether oxygens (including phenoxy) is 1. The molecule has 0 amide bonds. The van der Waals surface area contributed by atoms with Crippen molar-refractivity contribution in [3.8, 4) is 0 Å². The van der Waals surface area contributed by atoms with E-state index in [4.69, 9.17) is 4.74 Å². The molecule has 3 aliphatic carbocycles. The lowest BCUT2D eigenvalue weighted by molar-refractivity contribution is -0.384. The highest BCUT2D eigenvalue weighted by Gasteiger charge is 2.64. The summed E-state index contributed by atoms with van der Waals surface area (Å²) in [4.78, 5) is 22.2. The highest BCUT2D eigenvalue weighted by atomic mass is 16.6. The van der Waals surface area contributed by atoms with Gasteiger partial charge in [0.15, 0.2) is 0 Å². The lowest BCUT2D eigenvalue weighted by Crippen LogP contribution is -2.35. The van der Waals surface area contributed by atoms with E-state index in [9.17, 15) is 14.9 Å². The summed E-state index contributed by atoms with van der Waals surface area (Å²) in [5.74, 6) is 2.39. The van der Waals surface area contributed by atoms with E-state index in [1.54, 1.807) is 0 Å². The molecule has 20 heavy (non-hydrogen) atoms. The topological polar surface area (TPSA) is 69.4 Å². The van der Waals surface area contributed by atoms with Gasteiger partial charge in [-0.05, 0) is 55.1 Å². The van der Waals surface area contributed by atoms with Crippen LogP contribution in [0.15, 0.2) is 24.3 Å². The number of esters is 1. The van der Waals surface area contributed by atoms with Gasteiger partial charge in [0.25, 0.3) is 5.69 Å². The maximum absolute atomic E-state index is 12.1. The number of nitro benzene ring substituents is 1. The van der Waals surface area contributed by atoms with E-state index in [1.165, 1.54) is 43.5 Å². The summed E-state index contributed by atoms with van der Waals surface area (Å²) in [6.07, 6.45) is 3.76. The largest absolute Gasteiger partial charge is 0.458 e. The molecule has 0 bridgehead atoms. The summed E-state index contributed by atoms with van der Waals surface area (Å²) in [6.45, 7) is 0. The molecule has 0 aromatic heterocycles. The zero-order valence-corrected chi connectivity index (χ0v) is 10.9. The van der Waals surface area contributed by atoms with Crippen LogP contribution >= 0.6 is 0 Å². The number of rotatable bonds is 3. The molecule has 1 aromatic rings. The molecule has 5 nitrogen and oxygen atoms in total. The molecule has 1 unspecified atom stereocenters. The Balaban J connectivity index is 1.46. The molecule has 0 aliphatic heterocycles. The van der Waals surface area contributed by atoms with Gasteiger partial charge in [0.1, 0.15) is 6.10 Å². The number of nitrogens with zero attached hydrogens (tertiary/aromatic N) is 1. The van der Waals surface area contributed by atoms with E-state index in [-0.39, 0.29) is 17.8 Å². The maximum Gasteiger partial charge on any atom is 0.338 e. The minimum atomic E-state index is -0.472. The predicted molar refractivity (Wildman–Crippen MR) is 70.1 cm³/mol. The molecule has 5 atom stereocenters. The van der Waals surface area contributed by atoms with E-state index in [0.29, 0.717) is 17.4 Å².